The third-order valence-electron chi connectivity index (χ3n) is 3.69. The molecule has 0 unspecified atom stereocenters. The van der Waals surface area contributed by atoms with E-state index in [1.807, 2.05) is 4.72 Å². The van der Waals surface area contributed by atoms with Crippen molar-refractivity contribution in [1.82, 2.24) is 4.31 Å². The number of nitrogens with one attached hydrogen (secondary N) is 1. The average Bonchev–Trinajstić information content (AvgIpc) is 2.59. The molecule has 6 nitrogen and oxygen atoms in total. The minimum Gasteiger partial charge on any atom is -0.279 e. The van der Waals surface area contributed by atoms with Crippen LogP contribution in [-0.4, -0.2) is 34.2 Å². The van der Waals surface area contributed by atoms with Crippen LogP contribution in [-0.2, 0) is 20.0 Å². The van der Waals surface area contributed by atoms with Gasteiger partial charge >= 0.3 is 0 Å². The summed E-state index contributed by atoms with van der Waals surface area (Å²) in [5, 5.41) is -0.0956. The lowest BCUT2D eigenvalue weighted by molar-refractivity contribution is 0.445. The van der Waals surface area contributed by atoms with Gasteiger partial charge in [0.15, 0.2) is 0 Å². The van der Waals surface area contributed by atoms with Gasteiger partial charge in [-0.2, -0.15) is 4.31 Å². The van der Waals surface area contributed by atoms with Crippen LogP contribution in [0.1, 0.15) is 13.8 Å². The smallest absolute Gasteiger partial charge is 0.264 e. The highest BCUT2D eigenvalue weighted by atomic mass is 35.5. The standard InChI is InChI=1S/C16H17ClF2N2O4S2/c1-3-21(4-2)27(24,25)15-10-12(6-7-13(15)17)20-26(22,23)16-9-11(18)5-8-14(16)19/h5-10,20H,3-4H2,1-2H3. The minimum atomic E-state index is -4.49. The number of hydrogen-bond acceptors (Lipinski definition) is 4. The Bertz CT molecular complexity index is 1060. The van der Waals surface area contributed by atoms with E-state index >= 15 is 0 Å². The molecule has 0 saturated carbocycles. The molecule has 2 rings (SSSR count). The topological polar surface area (TPSA) is 83.6 Å². The predicted molar refractivity (Wildman–Crippen MR) is 98.7 cm³/mol. The predicted octanol–water partition coefficient (Wildman–Crippen LogP) is 3.45. The van der Waals surface area contributed by atoms with Crippen LogP contribution >= 0.6 is 11.6 Å². The summed E-state index contributed by atoms with van der Waals surface area (Å²) >= 11 is 5.98. The normalized spacial score (nSPS) is 12.4. The van der Waals surface area contributed by atoms with E-state index in [1.54, 1.807) is 13.8 Å². The molecule has 0 atom stereocenters. The molecule has 2 aromatic carbocycles. The highest BCUT2D eigenvalue weighted by Crippen LogP contribution is 2.29. The summed E-state index contributed by atoms with van der Waals surface area (Å²) in [5.41, 5.74) is -0.159. The lowest BCUT2D eigenvalue weighted by Crippen LogP contribution is -2.30. The second-order valence-electron chi connectivity index (χ2n) is 5.41. The van der Waals surface area contributed by atoms with Crippen molar-refractivity contribution in [3.63, 3.8) is 0 Å². The Morgan fingerprint density at radius 3 is 2.19 bits per heavy atom. The number of anilines is 1. The van der Waals surface area contributed by atoms with Gasteiger partial charge in [-0.05, 0) is 36.4 Å². The largest absolute Gasteiger partial charge is 0.279 e. The van der Waals surface area contributed by atoms with Gasteiger partial charge in [0, 0.05) is 13.1 Å². The molecule has 0 aliphatic carbocycles. The zero-order valence-electron chi connectivity index (χ0n) is 14.4. The van der Waals surface area contributed by atoms with Crippen molar-refractivity contribution in [3.8, 4) is 0 Å². The van der Waals surface area contributed by atoms with E-state index in [0.717, 1.165) is 16.4 Å². The van der Waals surface area contributed by atoms with E-state index in [2.05, 4.69) is 0 Å². The van der Waals surface area contributed by atoms with E-state index in [1.165, 1.54) is 12.1 Å². The number of hydrogen-bond donors (Lipinski definition) is 1. The number of benzene rings is 2. The summed E-state index contributed by atoms with van der Waals surface area (Å²) < 4.78 is 80.3. The molecule has 0 aromatic heterocycles. The maximum Gasteiger partial charge on any atom is 0.264 e. The molecular formula is C16H17ClF2N2O4S2. The molecular weight excluding hydrogens is 422 g/mol. The lowest BCUT2D eigenvalue weighted by Gasteiger charge is -2.20. The monoisotopic (exact) mass is 438 g/mol. The molecule has 27 heavy (non-hydrogen) atoms. The first-order valence-corrected chi connectivity index (χ1v) is 11.1. The molecule has 0 amide bonds. The summed E-state index contributed by atoms with van der Waals surface area (Å²) in [6.07, 6.45) is 0. The summed E-state index contributed by atoms with van der Waals surface area (Å²) in [6, 6.07) is 5.45. The van der Waals surface area contributed by atoms with Gasteiger partial charge in [0.25, 0.3) is 10.0 Å². The maximum absolute atomic E-state index is 13.8. The third kappa shape index (κ3) is 4.57. The molecule has 0 aliphatic rings. The molecule has 2 aromatic rings. The molecule has 0 spiro atoms. The Labute approximate surface area is 161 Å². The quantitative estimate of drug-likeness (QED) is 0.717. The number of nitrogens with zero attached hydrogens (tertiary/aromatic N) is 1. The van der Waals surface area contributed by atoms with Gasteiger partial charge in [-0.15, -0.1) is 0 Å². The van der Waals surface area contributed by atoms with Crippen molar-refractivity contribution >= 4 is 37.3 Å². The van der Waals surface area contributed by atoms with Crippen LogP contribution in [0.3, 0.4) is 0 Å². The van der Waals surface area contributed by atoms with Crippen LogP contribution in [0.5, 0.6) is 0 Å². The second-order valence-corrected chi connectivity index (χ2v) is 9.38. The summed E-state index contributed by atoms with van der Waals surface area (Å²) in [4.78, 5) is -1.20. The average molecular weight is 439 g/mol. The number of halogens is 3. The van der Waals surface area contributed by atoms with E-state index in [9.17, 15) is 25.6 Å². The molecule has 0 aliphatic heterocycles. The zero-order chi connectivity index (χ0) is 20.4. The summed E-state index contributed by atoms with van der Waals surface area (Å²) in [7, 11) is -8.45. The first-order chi connectivity index (χ1) is 12.5. The molecule has 0 radical (unpaired) electrons. The van der Waals surface area contributed by atoms with Crippen molar-refractivity contribution in [1.29, 1.82) is 0 Å². The highest BCUT2D eigenvalue weighted by Gasteiger charge is 2.26. The fourth-order valence-electron chi connectivity index (χ4n) is 2.36. The first-order valence-electron chi connectivity index (χ1n) is 7.80. The van der Waals surface area contributed by atoms with Crippen molar-refractivity contribution in [3.05, 3.63) is 53.1 Å². The minimum absolute atomic E-state index is 0.0956. The first kappa shape index (κ1) is 21.5. The van der Waals surface area contributed by atoms with Crippen LogP contribution in [0.2, 0.25) is 5.02 Å². The fourth-order valence-corrected chi connectivity index (χ4v) is 5.46. The van der Waals surface area contributed by atoms with E-state index in [0.29, 0.717) is 12.1 Å². The highest BCUT2D eigenvalue weighted by molar-refractivity contribution is 7.92. The molecule has 0 saturated heterocycles. The van der Waals surface area contributed by atoms with Crippen molar-refractivity contribution in [2.45, 2.75) is 23.6 Å². The Balaban J connectivity index is 2.49. The van der Waals surface area contributed by atoms with E-state index in [4.69, 9.17) is 11.6 Å². The second kappa shape index (κ2) is 8.09. The maximum atomic E-state index is 13.8. The molecule has 1 N–H and O–H groups in total. The van der Waals surface area contributed by atoms with Crippen LogP contribution in [0, 0.1) is 11.6 Å². The van der Waals surface area contributed by atoms with Gasteiger partial charge in [-0.25, -0.2) is 25.6 Å². The van der Waals surface area contributed by atoms with Gasteiger partial charge in [0.05, 0.1) is 10.7 Å². The summed E-state index contributed by atoms with van der Waals surface area (Å²) in [6.45, 7) is 3.68. The Hall–Kier alpha value is -1.75. The third-order valence-corrected chi connectivity index (χ3v) is 7.62. The van der Waals surface area contributed by atoms with Gasteiger partial charge in [-0.1, -0.05) is 25.4 Å². The van der Waals surface area contributed by atoms with Crippen LogP contribution < -0.4 is 4.72 Å². The van der Waals surface area contributed by atoms with Gasteiger partial charge < -0.3 is 0 Å². The number of rotatable bonds is 7. The van der Waals surface area contributed by atoms with Crippen LogP contribution in [0.25, 0.3) is 0 Å². The Morgan fingerprint density at radius 1 is 0.963 bits per heavy atom. The fraction of sp³-hybridized carbons (Fsp3) is 0.250. The molecule has 148 valence electrons. The number of sulfonamides is 2. The van der Waals surface area contributed by atoms with Crippen LogP contribution in [0.4, 0.5) is 14.5 Å². The van der Waals surface area contributed by atoms with E-state index < -0.39 is 36.6 Å². The van der Waals surface area contributed by atoms with Crippen LogP contribution in [0.15, 0.2) is 46.2 Å². The Morgan fingerprint density at radius 2 is 1.59 bits per heavy atom. The zero-order valence-corrected chi connectivity index (χ0v) is 16.8. The van der Waals surface area contributed by atoms with Crippen molar-refractivity contribution < 1.29 is 25.6 Å². The molecule has 11 heteroatoms. The lowest BCUT2D eigenvalue weighted by atomic mass is 10.3. The molecule has 0 fully saturated rings. The van der Waals surface area contributed by atoms with E-state index in [-0.39, 0.29) is 28.7 Å². The molecule has 0 heterocycles. The molecule has 0 bridgehead atoms. The SMILES string of the molecule is CCN(CC)S(=O)(=O)c1cc(NS(=O)(=O)c2cc(F)ccc2F)ccc1Cl. The summed E-state index contributed by atoms with van der Waals surface area (Å²) in [5.74, 6) is -2.08. The van der Waals surface area contributed by atoms with Gasteiger partial charge in [0.2, 0.25) is 10.0 Å². The van der Waals surface area contributed by atoms with Crippen molar-refractivity contribution in [2.24, 2.45) is 0 Å². The van der Waals surface area contributed by atoms with Gasteiger partial charge in [0.1, 0.15) is 21.4 Å². The Kier molecular flexibility index (Phi) is 6.46. The van der Waals surface area contributed by atoms with Gasteiger partial charge in [-0.3, -0.25) is 4.72 Å². The van der Waals surface area contributed by atoms with Crippen molar-refractivity contribution in [2.75, 3.05) is 17.8 Å².